The van der Waals surface area contributed by atoms with Crippen molar-refractivity contribution in [3.63, 3.8) is 0 Å². The van der Waals surface area contributed by atoms with E-state index in [0.717, 1.165) is 6.07 Å². The first-order valence-electron chi connectivity index (χ1n) is 10.8. The quantitative estimate of drug-likeness (QED) is 0.597. The maximum Gasteiger partial charge on any atom is 0.328 e. The van der Waals surface area contributed by atoms with Gasteiger partial charge < -0.3 is 25.0 Å². The highest BCUT2D eigenvalue weighted by Crippen LogP contribution is 2.37. The van der Waals surface area contributed by atoms with Crippen LogP contribution in [0.4, 0.5) is 19.3 Å². The number of alkyl halides is 1. The van der Waals surface area contributed by atoms with Crippen LogP contribution in [0.15, 0.2) is 42.5 Å². The molecule has 182 valence electrons. The molecule has 1 aliphatic rings. The molecule has 0 spiro atoms. The third-order valence-corrected chi connectivity index (χ3v) is 5.55. The number of esters is 1. The summed E-state index contributed by atoms with van der Waals surface area (Å²) < 4.78 is 40.0. The van der Waals surface area contributed by atoms with Crippen LogP contribution < -0.4 is 15.4 Å². The summed E-state index contributed by atoms with van der Waals surface area (Å²) in [6.07, 6.45) is 0.111. The molecule has 2 unspecified atom stereocenters. The summed E-state index contributed by atoms with van der Waals surface area (Å²) in [5.41, 5.74) is -1.50. The van der Waals surface area contributed by atoms with Crippen LogP contribution in [0.5, 0.6) is 5.75 Å². The first kappa shape index (κ1) is 24.9. The first-order chi connectivity index (χ1) is 16.2. The molecule has 0 aliphatic carbocycles. The third-order valence-electron chi connectivity index (χ3n) is 5.55. The number of carbonyl (C=O) groups is 3. The predicted octanol–water partition coefficient (Wildman–Crippen LogP) is 3.62. The molecule has 1 fully saturated rings. The van der Waals surface area contributed by atoms with Crippen molar-refractivity contribution in [3.05, 3.63) is 59.4 Å². The van der Waals surface area contributed by atoms with E-state index in [1.807, 2.05) is 0 Å². The molecule has 34 heavy (non-hydrogen) atoms. The number of likely N-dealkylation sites (tertiary alicyclic amines) is 1. The van der Waals surface area contributed by atoms with E-state index in [-0.39, 0.29) is 37.4 Å². The van der Waals surface area contributed by atoms with Crippen LogP contribution >= 0.6 is 0 Å². The van der Waals surface area contributed by atoms with Crippen molar-refractivity contribution in [1.29, 1.82) is 0 Å². The number of ether oxygens (including phenoxy) is 2. The Morgan fingerprint density at radius 2 is 1.97 bits per heavy atom. The van der Waals surface area contributed by atoms with E-state index in [2.05, 4.69) is 10.6 Å². The van der Waals surface area contributed by atoms with E-state index in [1.165, 1.54) is 31.1 Å². The minimum absolute atomic E-state index is 0.107. The number of anilines is 1. The number of urea groups is 1. The number of nitrogens with one attached hydrogen (secondary N) is 2. The molecule has 10 heteroatoms. The Bertz CT molecular complexity index is 1080. The summed E-state index contributed by atoms with van der Waals surface area (Å²) in [5, 5.41) is 4.89. The SMILES string of the molecule is CCOC(=O)C(C)NC(=O)c1ccc(NC(=O)N2CCC(F)(c3cccc(OC)c3)C2)cc1F. The zero-order valence-electron chi connectivity index (χ0n) is 19.2. The molecule has 3 rings (SSSR count). The number of amides is 3. The molecule has 3 amide bonds. The normalized spacial score (nSPS) is 18.2. The van der Waals surface area contributed by atoms with E-state index in [9.17, 15) is 18.8 Å². The molecule has 0 saturated carbocycles. The van der Waals surface area contributed by atoms with Gasteiger partial charge in [0.05, 0.1) is 25.8 Å². The van der Waals surface area contributed by atoms with E-state index in [1.54, 1.807) is 31.2 Å². The Hall–Kier alpha value is -3.69. The van der Waals surface area contributed by atoms with Crippen LogP contribution in [0.3, 0.4) is 0 Å². The molecular formula is C24H27F2N3O5. The average molecular weight is 475 g/mol. The van der Waals surface area contributed by atoms with Gasteiger partial charge in [0.2, 0.25) is 0 Å². The zero-order valence-corrected chi connectivity index (χ0v) is 19.2. The number of carbonyl (C=O) groups excluding carboxylic acids is 3. The average Bonchev–Trinajstić information content (AvgIpc) is 3.22. The van der Waals surface area contributed by atoms with E-state index in [0.29, 0.717) is 11.3 Å². The summed E-state index contributed by atoms with van der Waals surface area (Å²) in [7, 11) is 1.49. The van der Waals surface area contributed by atoms with Gasteiger partial charge in [-0.1, -0.05) is 12.1 Å². The van der Waals surface area contributed by atoms with Gasteiger partial charge in [-0.05, 0) is 49.7 Å². The number of nitrogens with zero attached hydrogens (tertiary/aromatic N) is 1. The lowest BCUT2D eigenvalue weighted by Crippen LogP contribution is -2.40. The monoisotopic (exact) mass is 475 g/mol. The van der Waals surface area contributed by atoms with Crippen molar-refractivity contribution in [1.82, 2.24) is 10.2 Å². The summed E-state index contributed by atoms with van der Waals surface area (Å²) in [6.45, 7) is 3.22. The van der Waals surface area contributed by atoms with Crippen LogP contribution in [0.25, 0.3) is 0 Å². The van der Waals surface area contributed by atoms with Gasteiger partial charge in [0.1, 0.15) is 17.6 Å². The summed E-state index contributed by atoms with van der Waals surface area (Å²) in [4.78, 5) is 37.9. The molecule has 1 saturated heterocycles. The van der Waals surface area contributed by atoms with Crippen molar-refractivity contribution in [2.75, 3.05) is 32.1 Å². The fourth-order valence-electron chi connectivity index (χ4n) is 3.66. The van der Waals surface area contributed by atoms with Gasteiger partial charge in [0.25, 0.3) is 5.91 Å². The Labute approximate surface area is 196 Å². The zero-order chi connectivity index (χ0) is 24.9. The second kappa shape index (κ2) is 10.5. The van der Waals surface area contributed by atoms with Crippen molar-refractivity contribution >= 4 is 23.6 Å². The van der Waals surface area contributed by atoms with Gasteiger partial charge in [0, 0.05) is 18.7 Å². The van der Waals surface area contributed by atoms with Crippen molar-refractivity contribution in [3.8, 4) is 5.75 Å². The van der Waals surface area contributed by atoms with Crippen LogP contribution in [-0.2, 0) is 15.2 Å². The highest BCUT2D eigenvalue weighted by molar-refractivity contribution is 5.98. The molecule has 1 aliphatic heterocycles. The highest BCUT2D eigenvalue weighted by Gasteiger charge is 2.42. The molecule has 0 aromatic heterocycles. The number of hydrogen-bond acceptors (Lipinski definition) is 5. The summed E-state index contributed by atoms with van der Waals surface area (Å²) in [6, 6.07) is 8.64. The van der Waals surface area contributed by atoms with Crippen LogP contribution in [0, 0.1) is 5.82 Å². The smallest absolute Gasteiger partial charge is 0.328 e. The highest BCUT2D eigenvalue weighted by atomic mass is 19.1. The lowest BCUT2D eigenvalue weighted by Gasteiger charge is -2.22. The maximum absolute atomic E-state index is 15.5. The number of rotatable bonds is 7. The molecule has 0 bridgehead atoms. The van der Waals surface area contributed by atoms with Crippen LogP contribution in [-0.4, -0.2) is 55.7 Å². The topological polar surface area (TPSA) is 97.0 Å². The van der Waals surface area contributed by atoms with Gasteiger partial charge in [-0.3, -0.25) is 4.79 Å². The minimum atomic E-state index is -1.73. The Balaban J connectivity index is 1.63. The molecule has 2 atom stereocenters. The number of hydrogen-bond donors (Lipinski definition) is 2. The standard InChI is InChI=1S/C24H27F2N3O5/c1-4-34-22(31)15(2)27-21(30)19-9-8-17(13-20(19)25)28-23(32)29-11-10-24(26,14-29)16-6-5-7-18(12-16)33-3/h5-9,12-13,15H,4,10-11,14H2,1-3H3,(H,27,30)(H,28,32). The summed E-state index contributed by atoms with van der Waals surface area (Å²) >= 11 is 0. The minimum Gasteiger partial charge on any atom is -0.497 e. The Morgan fingerprint density at radius 3 is 2.65 bits per heavy atom. The molecule has 0 radical (unpaired) electrons. The number of halogens is 2. The number of benzene rings is 2. The third kappa shape index (κ3) is 5.62. The fourth-order valence-corrected chi connectivity index (χ4v) is 3.66. The molecule has 2 aromatic carbocycles. The lowest BCUT2D eigenvalue weighted by molar-refractivity contribution is -0.144. The Morgan fingerprint density at radius 1 is 1.21 bits per heavy atom. The predicted molar refractivity (Wildman–Crippen MR) is 121 cm³/mol. The Kier molecular flexibility index (Phi) is 7.70. The second-order valence-electron chi connectivity index (χ2n) is 7.94. The molecule has 2 aromatic rings. The van der Waals surface area contributed by atoms with Crippen LogP contribution in [0.2, 0.25) is 0 Å². The van der Waals surface area contributed by atoms with E-state index in [4.69, 9.17) is 9.47 Å². The van der Waals surface area contributed by atoms with Crippen molar-refractivity contribution in [2.45, 2.75) is 32.0 Å². The summed E-state index contributed by atoms with van der Waals surface area (Å²) in [5.74, 6) is -1.79. The maximum atomic E-state index is 15.5. The van der Waals surface area contributed by atoms with Gasteiger partial charge in [-0.15, -0.1) is 0 Å². The van der Waals surface area contributed by atoms with Gasteiger partial charge in [-0.2, -0.15) is 0 Å². The molecule has 1 heterocycles. The van der Waals surface area contributed by atoms with E-state index < -0.39 is 35.4 Å². The largest absolute Gasteiger partial charge is 0.497 e. The van der Waals surface area contributed by atoms with Crippen molar-refractivity contribution < 1.29 is 32.6 Å². The van der Waals surface area contributed by atoms with Gasteiger partial charge in [0.15, 0.2) is 5.67 Å². The first-order valence-corrected chi connectivity index (χ1v) is 10.8. The van der Waals surface area contributed by atoms with Crippen LogP contribution in [0.1, 0.15) is 36.2 Å². The van der Waals surface area contributed by atoms with Crippen molar-refractivity contribution in [2.24, 2.45) is 0 Å². The number of methoxy groups -OCH3 is 1. The molecule has 2 N–H and O–H groups in total. The van der Waals surface area contributed by atoms with E-state index >= 15 is 4.39 Å². The molecule has 8 nitrogen and oxygen atoms in total. The lowest BCUT2D eigenvalue weighted by atomic mass is 9.95. The molecular weight excluding hydrogens is 448 g/mol. The van der Waals surface area contributed by atoms with Gasteiger partial charge >= 0.3 is 12.0 Å². The second-order valence-corrected chi connectivity index (χ2v) is 7.94. The van der Waals surface area contributed by atoms with Gasteiger partial charge in [-0.25, -0.2) is 18.4 Å². The fraction of sp³-hybridized carbons (Fsp3) is 0.375.